The number of halogens is 2. The standard InChI is InChI=1S/C11H9BrFN3/c12-8-5-15-11(16-6-8)7-14-10-3-1-9(13)2-4-10/h1-6,14H,7H2. The molecule has 0 amide bonds. The predicted molar refractivity (Wildman–Crippen MR) is 63.5 cm³/mol. The lowest BCUT2D eigenvalue weighted by atomic mass is 10.3. The predicted octanol–water partition coefficient (Wildman–Crippen LogP) is 2.99. The molecule has 1 aromatic heterocycles. The van der Waals surface area contributed by atoms with Crippen LogP contribution in [0.4, 0.5) is 10.1 Å². The maximum absolute atomic E-state index is 12.6. The summed E-state index contributed by atoms with van der Waals surface area (Å²) in [5, 5.41) is 3.10. The van der Waals surface area contributed by atoms with Gasteiger partial charge in [0.1, 0.15) is 11.6 Å². The van der Waals surface area contributed by atoms with E-state index in [9.17, 15) is 4.39 Å². The zero-order chi connectivity index (χ0) is 11.4. The van der Waals surface area contributed by atoms with Gasteiger partial charge in [-0.2, -0.15) is 0 Å². The number of nitrogens with zero attached hydrogens (tertiary/aromatic N) is 2. The molecule has 0 aliphatic rings. The van der Waals surface area contributed by atoms with Crippen molar-refractivity contribution in [1.29, 1.82) is 0 Å². The van der Waals surface area contributed by atoms with Crippen molar-refractivity contribution < 1.29 is 4.39 Å². The molecule has 0 saturated heterocycles. The maximum atomic E-state index is 12.6. The zero-order valence-corrected chi connectivity index (χ0v) is 9.91. The molecule has 1 aromatic carbocycles. The van der Waals surface area contributed by atoms with Crippen LogP contribution in [0.5, 0.6) is 0 Å². The number of nitrogens with one attached hydrogen (secondary N) is 1. The summed E-state index contributed by atoms with van der Waals surface area (Å²) in [5.41, 5.74) is 0.841. The minimum atomic E-state index is -0.245. The van der Waals surface area contributed by atoms with Gasteiger partial charge in [0.2, 0.25) is 0 Å². The molecule has 82 valence electrons. The molecular weight excluding hydrogens is 273 g/mol. The highest BCUT2D eigenvalue weighted by atomic mass is 79.9. The Hall–Kier alpha value is -1.49. The third kappa shape index (κ3) is 3.00. The van der Waals surface area contributed by atoms with E-state index >= 15 is 0 Å². The second-order valence-electron chi connectivity index (χ2n) is 3.18. The van der Waals surface area contributed by atoms with E-state index in [4.69, 9.17) is 0 Å². The van der Waals surface area contributed by atoms with Crippen molar-refractivity contribution in [2.75, 3.05) is 5.32 Å². The van der Waals surface area contributed by atoms with Gasteiger partial charge in [0.15, 0.2) is 0 Å². The first-order chi connectivity index (χ1) is 7.74. The summed E-state index contributed by atoms with van der Waals surface area (Å²) in [4.78, 5) is 8.23. The third-order valence-electron chi connectivity index (χ3n) is 1.97. The minimum Gasteiger partial charge on any atom is -0.378 e. The topological polar surface area (TPSA) is 37.8 Å². The third-order valence-corrected chi connectivity index (χ3v) is 2.38. The average molecular weight is 282 g/mol. The number of anilines is 1. The van der Waals surface area contributed by atoms with Gasteiger partial charge in [0.05, 0.1) is 11.0 Å². The zero-order valence-electron chi connectivity index (χ0n) is 8.32. The normalized spacial score (nSPS) is 10.1. The summed E-state index contributed by atoms with van der Waals surface area (Å²) in [6, 6.07) is 6.16. The van der Waals surface area contributed by atoms with Crippen molar-refractivity contribution in [3.05, 3.63) is 52.8 Å². The molecule has 0 radical (unpaired) electrons. The van der Waals surface area contributed by atoms with Crippen molar-refractivity contribution in [2.45, 2.75) is 6.54 Å². The first kappa shape index (κ1) is 11.0. The van der Waals surface area contributed by atoms with E-state index in [-0.39, 0.29) is 5.82 Å². The number of rotatable bonds is 3. The lowest BCUT2D eigenvalue weighted by Crippen LogP contribution is -2.03. The Labute approximate surface area is 101 Å². The SMILES string of the molecule is Fc1ccc(NCc2ncc(Br)cn2)cc1. The first-order valence-corrected chi connectivity index (χ1v) is 5.49. The van der Waals surface area contributed by atoms with Gasteiger partial charge in [-0.1, -0.05) is 0 Å². The van der Waals surface area contributed by atoms with Crippen LogP contribution in [0.2, 0.25) is 0 Å². The van der Waals surface area contributed by atoms with Crippen LogP contribution in [0.15, 0.2) is 41.1 Å². The molecule has 3 nitrogen and oxygen atoms in total. The maximum Gasteiger partial charge on any atom is 0.147 e. The summed E-state index contributed by atoms with van der Waals surface area (Å²) < 4.78 is 13.5. The molecule has 2 rings (SSSR count). The Kier molecular flexibility index (Phi) is 3.46. The number of benzene rings is 1. The van der Waals surface area contributed by atoms with Crippen LogP contribution in [0.3, 0.4) is 0 Å². The number of hydrogen-bond acceptors (Lipinski definition) is 3. The Morgan fingerprint density at radius 3 is 2.38 bits per heavy atom. The van der Waals surface area contributed by atoms with Gasteiger partial charge < -0.3 is 5.32 Å². The number of aromatic nitrogens is 2. The van der Waals surface area contributed by atoms with Crippen LogP contribution in [0.25, 0.3) is 0 Å². The fourth-order valence-corrected chi connectivity index (χ4v) is 1.38. The van der Waals surface area contributed by atoms with Crippen molar-refractivity contribution >= 4 is 21.6 Å². The van der Waals surface area contributed by atoms with Gasteiger partial charge in [0, 0.05) is 18.1 Å². The smallest absolute Gasteiger partial charge is 0.147 e. The molecule has 0 aliphatic carbocycles. The van der Waals surface area contributed by atoms with E-state index in [1.54, 1.807) is 24.5 Å². The summed E-state index contributed by atoms with van der Waals surface area (Å²) >= 11 is 3.26. The summed E-state index contributed by atoms with van der Waals surface area (Å²) in [7, 11) is 0. The first-order valence-electron chi connectivity index (χ1n) is 4.70. The highest BCUT2D eigenvalue weighted by Crippen LogP contribution is 2.09. The van der Waals surface area contributed by atoms with Gasteiger partial charge in [-0.25, -0.2) is 14.4 Å². The van der Waals surface area contributed by atoms with Crippen LogP contribution >= 0.6 is 15.9 Å². The van der Waals surface area contributed by atoms with Crippen LogP contribution in [-0.2, 0) is 6.54 Å². The Morgan fingerprint density at radius 2 is 1.75 bits per heavy atom. The van der Waals surface area contributed by atoms with E-state index in [1.807, 2.05) is 0 Å². The molecule has 1 N–H and O–H groups in total. The summed E-state index contributed by atoms with van der Waals surface area (Å²) in [6.45, 7) is 0.513. The van der Waals surface area contributed by atoms with Gasteiger partial charge in [-0.15, -0.1) is 0 Å². The molecule has 0 spiro atoms. The van der Waals surface area contributed by atoms with Crippen LogP contribution in [-0.4, -0.2) is 9.97 Å². The molecule has 0 aliphatic heterocycles. The second-order valence-corrected chi connectivity index (χ2v) is 4.09. The Bertz CT molecular complexity index is 410. The van der Waals surface area contributed by atoms with Gasteiger partial charge in [0.25, 0.3) is 0 Å². The van der Waals surface area contributed by atoms with Gasteiger partial charge in [-0.3, -0.25) is 0 Å². The van der Waals surface area contributed by atoms with E-state index in [0.717, 1.165) is 10.2 Å². The summed E-state index contributed by atoms with van der Waals surface area (Å²) in [5.74, 6) is 0.443. The fraction of sp³-hybridized carbons (Fsp3) is 0.0909. The molecule has 0 bridgehead atoms. The van der Waals surface area contributed by atoms with Crippen molar-refractivity contribution in [3.63, 3.8) is 0 Å². The molecule has 2 aromatic rings. The van der Waals surface area contributed by atoms with Gasteiger partial charge >= 0.3 is 0 Å². The highest BCUT2D eigenvalue weighted by molar-refractivity contribution is 9.10. The largest absolute Gasteiger partial charge is 0.378 e. The monoisotopic (exact) mass is 281 g/mol. The second kappa shape index (κ2) is 5.03. The van der Waals surface area contributed by atoms with Crippen molar-refractivity contribution in [2.24, 2.45) is 0 Å². The lowest BCUT2D eigenvalue weighted by molar-refractivity contribution is 0.628. The summed E-state index contributed by atoms with van der Waals surface area (Å²) in [6.07, 6.45) is 3.38. The van der Waals surface area contributed by atoms with Gasteiger partial charge in [-0.05, 0) is 40.2 Å². The molecule has 5 heteroatoms. The molecule has 1 heterocycles. The quantitative estimate of drug-likeness (QED) is 0.940. The highest BCUT2D eigenvalue weighted by Gasteiger charge is 1.97. The minimum absolute atomic E-state index is 0.245. The van der Waals surface area contributed by atoms with E-state index in [0.29, 0.717) is 12.4 Å². The van der Waals surface area contributed by atoms with E-state index < -0.39 is 0 Å². The van der Waals surface area contributed by atoms with Crippen LogP contribution in [0, 0.1) is 5.82 Å². The Balaban J connectivity index is 1.97. The Morgan fingerprint density at radius 1 is 1.12 bits per heavy atom. The van der Waals surface area contributed by atoms with E-state index in [2.05, 4.69) is 31.2 Å². The molecule has 0 atom stereocenters. The number of hydrogen-bond donors (Lipinski definition) is 1. The molecule has 0 fully saturated rings. The van der Waals surface area contributed by atoms with Crippen LogP contribution in [0.1, 0.15) is 5.82 Å². The fourth-order valence-electron chi connectivity index (χ4n) is 1.18. The molecular formula is C11H9BrFN3. The van der Waals surface area contributed by atoms with Crippen molar-refractivity contribution in [1.82, 2.24) is 9.97 Å². The van der Waals surface area contributed by atoms with Crippen LogP contribution < -0.4 is 5.32 Å². The molecule has 16 heavy (non-hydrogen) atoms. The van der Waals surface area contributed by atoms with E-state index in [1.165, 1.54) is 12.1 Å². The average Bonchev–Trinajstić information content (AvgIpc) is 2.30. The molecule has 0 unspecified atom stereocenters. The molecule has 0 saturated carbocycles. The lowest BCUT2D eigenvalue weighted by Gasteiger charge is -2.04. The van der Waals surface area contributed by atoms with Crippen molar-refractivity contribution in [3.8, 4) is 0 Å².